The molecule has 5 nitrogen and oxygen atoms in total. The average Bonchev–Trinajstić information content (AvgIpc) is 2.43. The van der Waals surface area contributed by atoms with Crippen LogP contribution in [0.1, 0.15) is 24.1 Å². The smallest absolute Gasteiger partial charge is 0.148 e. The zero-order valence-electron chi connectivity index (χ0n) is 12.9. The van der Waals surface area contributed by atoms with E-state index in [1.807, 2.05) is 32.2 Å². The fraction of sp³-hybridized carbons (Fsp3) is 0.571. The lowest BCUT2D eigenvalue weighted by Crippen LogP contribution is -2.14. The molecule has 120 valence electrons. The van der Waals surface area contributed by atoms with Crippen molar-refractivity contribution in [2.24, 2.45) is 0 Å². The minimum absolute atomic E-state index is 0.0610. The number of sulfone groups is 1. The number of hydrogen-bond donors (Lipinski definition) is 1. The predicted molar refractivity (Wildman–Crippen MR) is 86.9 cm³/mol. The number of hydrogen-bond acceptors (Lipinski definition) is 5. The zero-order chi connectivity index (χ0) is 16.0. The molecule has 21 heavy (non-hydrogen) atoms. The number of benzene rings is 1. The van der Waals surface area contributed by atoms with E-state index in [2.05, 4.69) is 5.32 Å². The first-order valence-electron chi connectivity index (χ1n) is 6.63. The van der Waals surface area contributed by atoms with Gasteiger partial charge in [-0.15, -0.1) is 0 Å². The summed E-state index contributed by atoms with van der Waals surface area (Å²) in [5.74, 6) is 1.06. The van der Waals surface area contributed by atoms with Crippen LogP contribution in [-0.2, 0) is 26.4 Å². The van der Waals surface area contributed by atoms with Gasteiger partial charge in [-0.25, -0.2) is 8.42 Å². The first-order valence-corrected chi connectivity index (χ1v) is 10.2. The molecule has 0 spiro atoms. The van der Waals surface area contributed by atoms with Gasteiger partial charge in [0.1, 0.15) is 15.6 Å². The first kappa shape index (κ1) is 18.1. The van der Waals surface area contributed by atoms with E-state index in [1.54, 1.807) is 7.11 Å². The van der Waals surface area contributed by atoms with Gasteiger partial charge in [0.2, 0.25) is 0 Å². The Morgan fingerprint density at radius 3 is 2.57 bits per heavy atom. The molecule has 0 amide bonds. The SMILES string of the molecule is CNC(C)c1ccc(OC)c(CS(=O)CCS(C)(=O)=O)c1. The van der Waals surface area contributed by atoms with Crippen molar-refractivity contribution in [1.29, 1.82) is 0 Å². The molecule has 1 aromatic carbocycles. The second-order valence-electron chi connectivity index (χ2n) is 5.00. The molecule has 1 N–H and O–H groups in total. The average molecular weight is 333 g/mol. The van der Waals surface area contributed by atoms with Gasteiger partial charge in [0.25, 0.3) is 0 Å². The summed E-state index contributed by atoms with van der Waals surface area (Å²) in [4.78, 5) is 0. The molecule has 0 radical (unpaired) electrons. The van der Waals surface area contributed by atoms with Gasteiger partial charge in [-0.2, -0.15) is 0 Å². The van der Waals surface area contributed by atoms with Crippen molar-refractivity contribution in [2.75, 3.05) is 31.9 Å². The summed E-state index contributed by atoms with van der Waals surface area (Å²) in [5, 5.41) is 3.15. The van der Waals surface area contributed by atoms with E-state index in [1.165, 1.54) is 0 Å². The molecule has 1 aromatic rings. The molecule has 2 unspecified atom stereocenters. The van der Waals surface area contributed by atoms with E-state index in [0.29, 0.717) is 11.5 Å². The van der Waals surface area contributed by atoms with Crippen LogP contribution in [0.4, 0.5) is 0 Å². The van der Waals surface area contributed by atoms with E-state index in [-0.39, 0.29) is 17.5 Å². The maximum atomic E-state index is 12.1. The minimum Gasteiger partial charge on any atom is -0.496 e. The molecule has 0 bridgehead atoms. The van der Waals surface area contributed by atoms with Crippen molar-refractivity contribution in [2.45, 2.75) is 18.7 Å². The normalized spacial score (nSPS) is 14.7. The molecule has 0 aliphatic carbocycles. The summed E-state index contributed by atoms with van der Waals surface area (Å²) in [5.41, 5.74) is 1.91. The van der Waals surface area contributed by atoms with Crippen LogP contribution in [0.2, 0.25) is 0 Å². The van der Waals surface area contributed by atoms with Crippen LogP contribution in [0.15, 0.2) is 18.2 Å². The lowest BCUT2D eigenvalue weighted by Gasteiger charge is -2.15. The second-order valence-corrected chi connectivity index (χ2v) is 8.84. The Balaban J connectivity index is 2.87. The van der Waals surface area contributed by atoms with E-state index < -0.39 is 20.6 Å². The summed E-state index contributed by atoms with van der Waals surface area (Å²) in [6, 6.07) is 5.95. The molecule has 1 rings (SSSR count). The quantitative estimate of drug-likeness (QED) is 0.775. The largest absolute Gasteiger partial charge is 0.496 e. The maximum Gasteiger partial charge on any atom is 0.148 e. The van der Waals surface area contributed by atoms with E-state index in [9.17, 15) is 12.6 Å². The van der Waals surface area contributed by atoms with E-state index in [0.717, 1.165) is 17.4 Å². The summed E-state index contributed by atoms with van der Waals surface area (Å²) < 4.78 is 39.6. The molecular formula is C14H23NO4S2. The van der Waals surface area contributed by atoms with Crippen LogP contribution in [0.25, 0.3) is 0 Å². The standard InChI is InChI=1S/C14H23NO4S2/c1-11(15-2)12-5-6-14(19-3)13(9-12)10-20(16)7-8-21(4,17)18/h5-6,9,11,15H,7-8,10H2,1-4H3. The first-order chi connectivity index (χ1) is 9.76. The number of rotatable bonds is 8. The summed E-state index contributed by atoms with van der Waals surface area (Å²) in [7, 11) is -0.877. The molecule has 0 saturated carbocycles. The molecule has 0 aliphatic rings. The van der Waals surface area contributed by atoms with Gasteiger partial charge in [0.05, 0.1) is 18.6 Å². The zero-order valence-corrected chi connectivity index (χ0v) is 14.5. The van der Waals surface area contributed by atoms with Gasteiger partial charge in [-0.1, -0.05) is 6.07 Å². The number of methoxy groups -OCH3 is 1. The number of nitrogens with one attached hydrogen (secondary N) is 1. The van der Waals surface area contributed by atoms with Crippen molar-refractivity contribution >= 4 is 20.6 Å². The van der Waals surface area contributed by atoms with Gasteiger partial charge in [-0.05, 0) is 31.7 Å². The Kier molecular flexibility index (Phi) is 6.83. The van der Waals surface area contributed by atoms with Gasteiger partial charge < -0.3 is 10.1 Å². The topological polar surface area (TPSA) is 72.5 Å². The highest BCUT2D eigenvalue weighted by Crippen LogP contribution is 2.24. The highest BCUT2D eigenvalue weighted by atomic mass is 32.2. The second kappa shape index (κ2) is 7.91. The van der Waals surface area contributed by atoms with Crippen LogP contribution in [-0.4, -0.2) is 44.5 Å². The molecule has 7 heteroatoms. The fourth-order valence-corrected chi connectivity index (χ4v) is 4.51. The molecule has 0 fully saturated rings. The molecular weight excluding hydrogens is 310 g/mol. The van der Waals surface area contributed by atoms with Gasteiger partial charge in [0.15, 0.2) is 0 Å². The highest BCUT2D eigenvalue weighted by Gasteiger charge is 2.13. The molecule has 0 saturated heterocycles. The lowest BCUT2D eigenvalue weighted by atomic mass is 10.1. The highest BCUT2D eigenvalue weighted by molar-refractivity contribution is 7.92. The Morgan fingerprint density at radius 1 is 1.38 bits per heavy atom. The minimum atomic E-state index is -3.09. The van der Waals surface area contributed by atoms with Crippen molar-refractivity contribution in [1.82, 2.24) is 5.32 Å². The van der Waals surface area contributed by atoms with Crippen molar-refractivity contribution in [3.63, 3.8) is 0 Å². The Bertz CT molecular complexity index is 599. The monoisotopic (exact) mass is 333 g/mol. The third-order valence-electron chi connectivity index (χ3n) is 3.24. The summed E-state index contributed by atoms with van der Waals surface area (Å²) >= 11 is 0. The molecule has 0 heterocycles. The van der Waals surface area contributed by atoms with Crippen LogP contribution in [0, 0.1) is 0 Å². The van der Waals surface area contributed by atoms with E-state index in [4.69, 9.17) is 4.74 Å². The van der Waals surface area contributed by atoms with Gasteiger partial charge in [-0.3, -0.25) is 4.21 Å². The van der Waals surface area contributed by atoms with Gasteiger partial charge >= 0.3 is 0 Å². The third-order valence-corrected chi connectivity index (χ3v) is 5.73. The van der Waals surface area contributed by atoms with Crippen molar-refractivity contribution < 1.29 is 17.4 Å². The maximum absolute atomic E-state index is 12.1. The lowest BCUT2D eigenvalue weighted by molar-refractivity contribution is 0.411. The Morgan fingerprint density at radius 2 is 2.05 bits per heavy atom. The Hall–Kier alpha value is -0.920. The van der Waals surface area contributed by atoms with Crippen molar-refractivity contribution in [3.8, 4) is 5.75 Å². The van der Waals surface area contributed by atoms with Crippen LogP contribution in [0.5, 0.6) is 5.75 Å². The van der Waals surface area contributed by atoms with E-state index >= 15 is 0 Å². The van der Waals surface area contributed by atoms with Crippen LogP contribution < -0.4 is 10.1 Å². The molecule has 2 atom stereocenters. The summed E-state index contributed by atoms with van der Waals surface area (Å²) in [6.45, 7) is 2.03. The number of ether oxygens (including phenoxy) is 1. The molecule has 0 aromatic heterocycles. The Labute approximate surface area is 129 Å². The molecule has 0 aliphatic heterocycles. The summed E-state index contributed by atoms with van der Waals surface area (Å²) in [6.07, 6.45) is 1.15. The van der Waals surface area contributed by atoms with Crippen LogP contribution in [0.3, 0.4) is 0 Å². The third kappa shape index (κ3) is 6.15. The van der Waals surface area contributed by atoms with Crippen molar-refractivity contribution in [3.05, 3.63) is 29.3 Å². The van der Waals surface area contributed by atoms with Gasteiger partial charge in [0, 0.05) is 34.4 Å². The fourth-order valence-electron chi connectivity index (χ4n) is 1.84. The predicted octanol–water partition coefficient (Wildman–Crippen LogP) is 1.27. The van der Waals surface area contributed by atoms with Crippen LogP contribution >= 0.6 is 0 Å².